The second-order valence-corrected chi connectivity index (χ2v) is 7.47. The van der Waals surface area contributed by atoms with Crippen LogP contribution in [0.3, 0.4) is 0 Å². The van der Waals surface area contributed by atoms with E-state index in [2.05, 4.69) is 32.1 Å². The summed E-state index contributed by atoms with van der Waals surface area (Å²) in [4.78, 5) is 6.36. The van der Waals surface area contributed by atoms with E-state index in [1.54, 1.807) is 7.05 Å². The molecule has 1 heterocycles. The Bertz CT molecular complexity index is 647. The van der Waals surface area contributed by atoms with Crippen molar-refractivity contribution in [3.8, 4) is 0 Å². The van der Waals surface area contributed by atoms with Crippen LogP contribution in [0.15, 0.2) is 29.3 Å². The van der Waals surface area contributed by atoms with E-state index in [4.69, 9.17) is 0 Å². The van der Waals surface area contributed by atoms with Gasteiger partial charge >= 0.3 is 0 Å². The van der Waals surface area contributed by atoms with Crippen LogP contribution in [-0.4, -0.2) is 46.3 Å². The number of hydrogen-bond donors (Lipinski definition) is 2. The van der Waals surface area contributed by atoms with E-state index in [1.807, 2.05) is 26.0 Å². The van der Waals surface area contributed by atoms with Crippen LogP contribution < -0.4 is 14.9 Å². The summed E-state index contributed by atoms with van der Waals surface area (Å²) in [5.74, 6) is 0.740. The zero-order valence-electron chi connectivity index (χ0n) is 13.7. The monoisotopic (exact) mass is 452 g/mol. The zero-order valence-corrected chi connectivity index (χ0v) is 16.9. The molecule has 8 heteroatoms. The standard InChI is InChI=1S/C15H24N4O2S.HI/c1-12(2)18-22(20,21)11-9-17-15(16-3)19-10-8-13-6-4-5-7-14(13)19;/h4-7,12,18H,8-11H2,1-3H3,(H,16,17);1H. The van der Waals surface area contributed by atoms with Crippen LogP contribution in [0, 0.1) is 0 Å². The third-order valence-electron chi connectivity index (χ3n) is 3.42. The van der Waals surface area contributed by atoms with Gasteiger partial charge in [-0.15, -0.1) is 24.0 Å². The van der Waals surface area contributed by atoms with Crippen LogP contribution in [0.5, 0.6) is 0 Å². The Morgan fingerprint density at radius 3 is 2.70 bits per heavy atom. The summed E-state index contributed by atoms with van der Waals surface area (Å²) in [6, 6.07) is 8.12. The SMILES string of the molecule is CN=C(NCCS(=O)(=O)NC(C)C)N1CCc2ccccc21.I. The lowest BCUT2D eigenvalue weighted by molar-refractivity contribution is 0.568. The number of sulfonamides is 1. The van der Waals surface area contributed by atoms with E-state index in [0.29, 0.717) is 12.5 Å². The molecule has 6 nitrogen and oxygen atoms in total. The van der Waals surface area contributed by atoms with E-state index >= 15 is 0 Å². The van der Waals surface area contributed by atoms with Crippen molar-refractivity contribution < 1.29 is 8.42 Å². The molecule has 1 aromatic carbocycles. The zero-order chi connectivity index (χ0) is 16.2. The van der Waals surface area contributed by atoms with Gasteiger partial charge in [-0.05, 0) is 31.9 Å². The Balaban J connectivity index is 0.00000264. The van der Waals surface area contributed by atoms with Gasteiger partial charge in [-0.3, -0.25) is 4.99 Å². The number of fused-ring (bicyclic) bond motifs is 1. The van der Waals surface area contributed by atoms with Crippen molar-refractivity contribution in [2.24, 2.45) is 4.99 Å². The average Bonchev–Trinajstić information content (AvgIpc) is 2.86. The Kier molecular flexibility index (Phi) is 7.75. The quantitative estimate of drug-likeness (QED) is 0.404. The summed E-state index contributed by atoms with van der Waals surface area (Å²) in [6.07, 6.45) is 0.976. The number of nitrogens with zero attached hydrogens (tertiary/aromatic N) is 2. The van der Waals surface area contributed by atoms with Crippen LogP contribution in [0.1, 0.15) is 19.4 Å². The van der Waals surface area contributed by atoms with Gasteiger partial charge in [0.15, 0.2) is 5.96 Å². The maximum atomic E-state index is 11.8. The number of benzene rings is 1. The molecule has 2 N–H and O–H groups in total. The Morgan fingerprint density at radius 1 is 1.35 bits per heavy atom. The fraction of sp³-hybridized carbons (Fsp3) is 0.533. The van der Waals surface area contributed by atoms with Gasteiger partial charge in [-0.1, -0.05) is 18.2 Å². The lowest BCUT2D eigenvalue weighted by atomic mass is 10.2. The molecule has 0 saturated heterocycles. The molecule has 0 aliphatic carbocycles. The predicted octanol–water partition coefficient (Wildman–Crippen LogP) is 1.57. The average molecular weight is 452 g/mol. The maximum absolute atomic E-state index is 11.8. The van der Waals surface area contributed by atoms with E-state index < -0.39 is 10.0 Å². The minimum absolute atomic E-state index is 0. The van der Waals surface area contributed by atoms with Gasteiger partial charge in [0.2, 0.25) is 10.0 Å². The number of halogens is 1. The highest BCUT2D eigenvalue weighted by Gasteiger charge is 2.22. The number of para-hydroxylation sites is 1. The third-order valence-corrected chi connectivity index (χ3v) is 5.00. The molecule has 23 heavy (non-hydrogen) atoms. The second kappa shape index (κ2) is 8.84. The number of hydrogen-bond acceptors (Lipinski definition) is 3. The topological polar surface area (TPSA) is 73.8 Å². The van der Waals surface area contributed by atoms with Gasteiger partial charge in [-0.2, -0.15) is 0 Å². The molecule has 0 spiro atoms. The lowest BCUT2D eigenvalue weighted by Gasteiger charge is -2.22. The fourth-order valence-electron chi connectivity index (χ4n) is 2.57. The summed E-state index contributed by atoms with van der Waals surface area (Å²) < 4.78 is 26.2. The Morgan fingerprint density at radius 2 is 2.04 bits per heavy atom. The van der Waals surface area contributed by atoms with E-state index in [9.17, 15) is 8.42 Å². The van der Waals surface area contributed by atoms with Crippen molar-refractivity contribution in [3.05, 3.63) is 29.8 Å². The van der Waals surface area contributed by atoms with Crippen molar-refractivity contribution in [1.29, 1.82) is 0 Å². The Hall–Kier alpha value is -0.870. The summed E-state index contributed by atoms with van der Waals surface area (Å²) in [6.45, 7) is 4.81. The summed E-state index contributed by atoms with van der Waals surface area (Å²) in [5.41, 5.74) is 2.43. The smallest absolute Gasteiger partial charge is 0.213 e. The number of aliphatic imine (C=N–C) groups is 1. The van der Waals surface area contributed by atoms with Crippen molar-refractivity contribution in [3.63, 3.8) is 0 Å². The van der Waals surface area contributed by atoms with E-state index in [1.165, 1.54) is 5.56 Å². The molecule has 0 unspecified atom stereocenters. The summed E-state index contributed by atoms with van der Waals surface area (Å²) in [7, 11) is -1.54. The highest BCUT2D eigenvalue weighted by atomic mass is 127. The van der Waals surface area contributed by atoms with Crippen molar-refractivity contribution >= 4 is 45.6 Å². The second-order valence-electron chi connectivity index (χ2n) is 5.60. The number of rotatable bonds is 5. The third kappa shape index (κ3) is 5.61. The number of guanidine groups is 1. The van der Waals surface area contributed by atoms with Crippen molar-refractivity contribution in [1.82, 2.24) is 10.0 Å². The molecular weight excluding hydrogens is 427 g/mol. The minimum Gasteiger partial charge on any atom is -0.355 e. The van der Waals surface area contributed by atoms with E-state index in [-0.39, 0.29) is 35.8 Å². The Labute approximate surface area is 155 Å². The molecular formula is C15H25IN4O2S. The molecule has 1 aromatic rings. The molecule has 1 aliphatic rings. The molecule has 2 rings (SSSR count). The van der Waals surface area contributed by atoms with Crippen LogP contribution in [0.25, 0.3) is 0 Å². The van der Waals surface area contributed by atoms with Crippen molar-refractivity contribution in [2.75, 3.05) is 30.8 Å². The molecule has 0 saturated carbocycles. The van der Waals surface area contributed by atoms with Crippen LogP contribution >= 0.6 is 24.0 Å². The molecule has 0 atom stereocenters. The molecule has 130 valence electrons. The molecule has 0 amide bonds. The van der Waals surface area contributed by atoms with Crippen LogP contribution in [0.2, 0.25) is 0 Å². The number of nitrogens with one attached hydrogen (secondary N) is 2. The van der Waals surface area contributed by atoms with Crippen LogP contribution in [-0.2, 0) is 16.4 Å². The highest BCUT2D eigenvalue weighted by Crippen LogP contribution is 2.27. The van der Waals surface area contributed by atoms with Gasteiger partial charge in [-0.25, -0.2) is 13.1 Å². The van der Waals surface area contributed by atoms with Gasteiger partial charge in [0, 0.05) is 31.9 Å². The van der Waals surface area contributed by atoms with Gasteiger partial charge in [0.05, 0.1) is 5.75 Å². The first-order valence-corrected chi connectivity index (χ1v) is 9.14. The molecule has 0 fully saturated rings. The van der Waals surface area contributed by atoms with Gasteiger partial charge < -0.3 is 10.2 Å². The van der Waals surface area contributed by atoms with Crippen molar-refractivity contribution in [2.45, 2.75) is 26.3 Å². The molecule has 0 radical (unpaired) electrons. The first-order valence-electron chi connectivity index (χ1n) is 7.49. The first-order chi connectivity index (χ1) is 10.4. The normalized spacial score (nSPS) is 14.6. The number of anilines is 1. The van der Waals surface area contributed by atoms with Gasteiger partial charge in [0.25, 0.3) is 0 Å². The minimum atomic E-state index is -3.25. The lowest BCUT2D eigenvalue weighted by Crippen LogP contribution is -2.44. The largest absolute Gasteiger partial charge is 0.355 e. The maximum Gasteiger partial charge on any atom is 0.213 e. The predicted molar refractivity (Wildman–Crippen MR) is 106 cm³/mol. The fourth-order valence-corrected chi connectivity index (χ4v) is 3.78. The highest BCUT2D eigenvalue weighted by molar-refractivity contribution is 14.0. The molecule has 0 aromatic heterocycles. The summed E-state index contributed by atoms with van der Waals surface area (Å²) >= 11 is 0. The van der Waals surface area contributed by atoms with Gasteiger partial charge in [0.1, 0.15) is 0 Å². The summed E-state index contributed by atoms with van der Waals surface area (Å²) in [5, 5.41) is 3.14. The molecule has 1 aliphatic heterocycles. The van der Waals surface area contributed by atoms with E-state index in [0.717, 1.165) is 18.7 Å². The first kappa shape index (κ1) is 20.2. The molecule has 0 bridgehead atoms. The van der Waals surface area contributed by atoms with Crippen LogP contribution in [0.4, 0.5) is 5.69 Å².